The van der Waals surface area contributed by atoms with E-state index >= 15 is 0 Å². The third-order valence-corrected chi connectivity index (χ3v) is 8.72. The summed E-state index contributed by atoms with van der Waals surface area (Å²) in [5, 5.41) is 5.04. The maximum Gasteiger partial charge on any atom is 0.264 e. The van der Waals surface area contributed by atoms with Crippen LogP contribution in [0.2, 0.25) is 0 Å². The highest BCUT2D eigenvalue weighted by Crippen LogP contribution is 2.26. The number of aryl methyl sites for hydroxylation is 1. The van der Waals surface area contributed by atoms with E-state index in [1.165, 1.54) is 28.4 Å². The lowest BCUT2D eigenvalue weighted by Gasteiger charge is -2.34. The molecular weight excluding hydrogens is 470 g/mol. The Bertz CT molecular complexity index is 1210. The van der Waals surface area contributed by atoms with Crippen molar-refractivity contribution >= 4 is 33.0 Å². The van der Waals surface area contributed by atoms with Gasteiger partial charge < -0.3 is 10.1 Å². The van der Waals surface area contributed by atoms with Crippen LogP contribution in [-0.4, -0.2) is 59.1 Å². The van der Waals surface area contributed by atoms with Crippen molar-refractivity contribution in [3.8, 4) is 0 Å². The van der Waals surface area contributed by atoms with Crippen molar-refractivity contribution in [1.29, 1.82) is 0 Å². The van der Waals surface area contributed by atoms with Crippen LogP contribution in [0.4, 0.5) is 5.69 Å². The van der Waals surface area contributed by atoms with Gasteiger partial charge in [-0.05, 0) is 48.7 Å². The number of anilines is 1. The summed E-state index contributed by atoms with van der Waals surface area (Å²) in [7, 11) is -2.30. The fourth-order valence-electron chi connectivity index (χ4n) is 3.92. The third-order valence-electron chi connectivity index (χ3n) is 5.97. The summed E-state index contributed by atoms with van der Waals surface area (Å²) in [6, 6.07) is 17.6. The molecule has 3 aromatic rings. The van der Waals surface area contributed by atoms with E-state index in [9.17, 15) is 13.2 Å². The number of nitrogens with one attached hydrogen (secondary N) is 1. The fraction of sp³-hybridized carbons (Fsp3) is 0.320. The van der Waals surface area contributed by atoms with Crippen LogP contribution in [0.25, 0.3) is 0 Å². The van der Waals surface area contributed by atoms with Gasteiger partial charge >= 0.3 is 0 Å². The molecule has 1 aliphatic rings. The summed E-state index contributed by atoms with van der Waals surface area (Å²) in [5.41, 5.74) is 1.92. The van der Waals surface area contributed by atoms with Crippen molar-refractivity contribution < 1.29 is 17.9 Å². The van der Waals surface area contributed by atoms with E-state index in [-0.39, 0.29) is 16.8 Å². The molecule has 34 heavy (non-hydrogen) atoms. The molecule has 0 spiro atoms. The predicted octanol–water partition coefficient (Wildman–Crippen LogP) is 3.68. The number of rotatable bonds is 8. The van der Waals surface area contributed by atoms with Crippen LogP contribution in [0.5, 0.6) is 0 Å². The lowest BCUT2D eigenvalue weighted by atomic mass is 10.1. The zero-order chi connectivity index (χ0) is 24.1. The van der Waals surface area contributed by atoms with Gasteiger partial charge in [-0.1, -0.05) is 29.8 Å². The largest absolute Gasteiger partial charge is 0.379 e. The van der Waals surface area contributed by atoms with Crippen LogP contribution in [0.3, 0.4) is 0 Å². The van der Waals surface area contributed by atoms with E-state index in [2.05, 4.69) is 16.3 Å². The molecule has 2 aromatic carbocycles. The van der Waals surface area contributed by atoms with Crippen molar-refractivity contribution in [3.63, 3.8) is 0 Å². The number of sulfonamides is 1. The zero-order valence-electron chi connectivity index (χ0n) is 19.3. The standard InChI is InChI=1S/C25H29N3O4S2/c1-19-8-10-21(11-9-19)27(2)34(30,31)22-6-3-5-20(17-22)25(29)26-18-23(24-7-4-16-33-24)28-12-14-32-15-13-28/h3-11,16-17,23H,12-15,18H2,1-2H3,(H,26,29)/t23-/m0/s1. The Morgan fingerprint density at radius 1 is 1.12 bits per heavy atom. The topological polar surface area (TPSA) is 79.0 Å². The Morgan fingerprint density at radius 3 is 2.53 bits per heavy atom. The number of amides is 1. The molecule has 1 N–H and O–H groups in total. The van der Waals surface area contributed by atoms with Gasteiger partial charge in [-0.2, -0.15) is 0 Å². The summed E-state index contributed by atoms with van der Waals surface area (Å²) in [6.07, 6.45) is 0. The second-order valence-corrected chi connectivity index (χ2v) is 11.2. The molecule has 4 rings (SSSR count). The van der Waals surface area contributed by atoms with E-state index in [0.29, 0.717) is 31.0 Å². The minimum Gasteiger partial charge on any atom is -0.379 e. The van der Waals surface area contributed by atoms with Crippen LogP contribution in [0.15, 0.2) is 70.9 Å². The highest BCUT2D eigenvalue weighted by atomic mass is 32.2. The average Bonchev–Trinajstić information content (AvgIpc) is 3.39. The molecular formula is C25H29N3O4S2. The van der Waals surface area contributed by atoms with E-state index in [0.717, 1.165) is 18.7 Å². The monoisotopic (exact) mass is 499 g/mol. The van der Waals surface area contributed by atoms with Gasteiger partial charge in [0.1, 0.15) is 0 Å². The van der Waals surface area contributed by atoms with Crippen molar-refractivity contribution in [2.45, 2.75) is 17.9 Å². The molecule has 1 aliphatic heterocycles. The average molecular weight is 500 g/mol. The van der Waals surface area contributed by atoms with Gasteiger partial charge in [0.15, 0.2) is 0 Å². The summed E-state index contributed by atoms with van der Waals surface area (Å²) < 4.78 is 33.1. The molecule has 180 valence electrons. The van der Waals surface area contributed by atoms with E-state index in [1.807, 2.05) is 30.5 Å². The predicted molar refractivity (Wildman–Crippen MR) is 135 cm³/mol. The Morgan fingerprint density at radius 2 is 1.85 bits per heavy atom. The van der Waals surface area contributed by atoms with Crippen molar-refractivity contribution in [2.75, 3.05) is 44.2 Å². The van der Waals surface area contributed by atoms with E-state index in [4.69, 9.17) is 4.74 Å². The van der Waals surface area contributed by atoms with Gasteiger partial charge in [0.2, 0.25) is 0 Å². The second-order valence-electron chi connectivity index (χ2n) is 8.23. The first-order valence-corrected chi connectivity index (χ1v) is 13.5. The van der Waals surface area contributed by atoms with Crippen LogP contribution < -0.4 is 9.62 Å². The zero-order valence-corrected chi connectivity index (χ0v) is 20.9. The summed E-state index contributed by atoms with van der Waals surface area (Å²) in [5.74, 6) is -0.301. The van der Waals surface area contributed by atoms with Crippen LogP contribution in [-0.2, 0) is 14.8 Å². The summed E-state index contributed by atoms with van der Waals surface area (Å²) in [4.78, 5) is 16.6. The molecule has 1 aromatic heterocycles. The van der Waals surface area contributed by atoms with Crippen LogP contribution in [0, 0.1) is 6.92 Å². The SMILES string of the molecule is Cc1ccc(N(C)S(=O)(=O)c2cccc(C(=O)NC[C@@H](c3cccs3)N3CCOCC3)c2)cc1. The molecule has 2 heterocycles. The normalized spacial score (nSPS) is 15.6. The van der Waals surface area contributed by atoms with Gasteiger partial charge in [-0.3, -0.25) is 14.0 Å². The molecule has 0 saturated carbocycles. The number of morpholine rings is 1. The van der Waals surface area contributed by atoms with E-state index in [1.54, 1.807) is 35.6 Å². The molecule has 0 aliphatic carbocycles. The molecule has 1 atom stereocenters. The van der Waals surface area contributed by atoms with Gasteiger partial charge in [-0.25, -0.2) is 8.42 Å². The van der Waals surface area contributed by atoms with E-state index < -0.39 is 10.0 Å². The number of ether oxygens (including phenoxy) is 1. The number of carbonyl (C=O) groups is 1. The van der Waals surface area contributed by atoms with Crippen LogP contribution >= 0.6 is 11.3 Å². The minimum absolute atomic E-state index is 0.0486. The smallest absolute Gasteiger partial charge is 0.264 e. The van der Waals surface area contributed by atoms with Gasteiger partial charge in [-0.15, -0.1) is 11.3 Å². The Kier molecular flexibility index (Phi) is 7.67. The molecule has 1 saturated heterocycles. The van der Waals surface area contributed by atoms with Crippen molar-refractivity contribution in [1.82, 2.24) is 10.2 Å². The highest BCUT2D eigenvalue weighted by Gasteiger charge is 2.25. The third kappa shape index (κ3) is 5.50. The Labute approximate surface area is 205 Å². The fourth-order valence-corrected chi connectivity index (χ4v) is 6.02. The molecule has 0 radical (unpaired) electrons. The maximum atomic E-state index is 13.2. The molecule has 0 unspecified atom stereocenters. The van der Waals surface area contributed by atoms with Crippen molar-refractivity contribution in [2.24, 2.45) is 0 Å². The number of nitrogens with zero attached hydrogens (tertiary/aromatic N) is 2. The first-order valence-electron chi connectivity index (χ1n) is 11.2. The number of hydrogen-bond acceptors (Lipinski definition) is 6. The highest BCUT2D eigenvalue weighted by molar-refractivity contribution is 7.92. The molecule has 1 amide bonds. The molecule has 0 bridgehead atoms. The first kappa shape index (κ1) is 24.4. The molecule has 1 fully saturated rings. The molecule has 7 nitrogen and oxygen atoms in total. The van der Waals surface area contributed by atoms with Gasteiger partial charge in [0, 0.05) is 37.1 Å². The summed E-state index contributed by atoms with van der Waals surface area (Å²) >= 11 is 1.66. The second kappa shape index (κ2) is 10.7. The Balaban J connectivity index is 1.49. The van der Waals surface area contributed by atoms with Crippen LogP contribution in [0.1, 0.15) is 26.8 Å². The first-order chi connectivity index (χ1) is 16.4. The quantitative estimate of drug-likeness (QED) is 0.512. The van der Waals surface area contributed by atoms with Gasteiger partial charge in [0.05, 0.1) is 29.8 Å². The van der Waals surface area contributed by atoms with Crippen molar-refractivity contribution in [3.05, 3.63) is 82.0 Å². The minimum atomic E-state index is -3.81. The number of thiophene rings is 1. The number of benzene rings is 2. The molecule has 9 heteroatoms. The number of carbonyl (C=O) groups excluding carboxylic acids is 1. The lowest BCUT2D eigenvalue weighted by molar-refractivity contribution is 0.0169. The van der Waals surface area contributed by atoms with Gasteiger partial charge in [0.25, 0.3) is 15.9 Å². The Hall–Kier alpha value is -2.72. The maximum absolute atomic E-state index is 13.2. The lowest BCUT2D eigenvalue weighted by Crippen LogP contribution is -2.43. The summed E-state index contributed by atoms with van der Waals surface area (Å²) in [6.45, 7) is 5.32. The number of hydrogen-bond donors (Lipinski definition) is 1.